The van der Waals surface area contributed by atoms with Gasteiger partial charge in [0, 0.05) is 17.5 Å². The molecule has 0 radical (unpaired) electrons. The molecule has 1 N–H and O–H groups in total. The maximum Gasteiger partial charge on any atom is 0.304 e. The number of aliphatic carboxylic acids is 1. The predicted molar refractivity (Wildman–Crippen MR) is 113 cm³/mol. The first kappa shape index (κ1) is 19.1. The summed E-state index contributed by atoms with van der Waals surface area (Å²) in [5.74, 6) is 0.538. The summed E-state index contributed by atoms with van der Waals surface area (Å²) in [5, 5.41) is 9.02. The molecular formula is C25H24O4. The zero-order valence-corrected chi connectivity index (χ0v) is 16.6. The van der Waals surface area contributed by atoms with E-state index in [0.717, 1.165) is 22.6 Å². The third-order valence-corrected chi connectivity index (χ3v) is 5.31. The van der Waals surface area contributed by atoms with Crippen molar-refractivity contribution in [3.8, 4) is 22.6 Å². The van der Waals surface area contributed by atoms with Gasteiger partial charge in [-0.05, 0) is 48.2 Å². The van der Waals surface area contributed by atoms with Gasteiger partial charge in [0.1, 0.15) is 18.1 Å². The second-order valence-electron chi connectivity index (χ2n) is 7.61. The second-order valence-corrected chi connectivity index (χ2v) is 7.61. The van der Waals surface area contributed by atoms with E-state index in [-0.39, 0.29) is 12.3 Å². The minimum absolute atomic E-state index is 0.0818. The van der Waals surface area contributed by atoms with Crippen molar-refractivity contribution in [1.82, 2.24) is 0 Å². The molecule has 3 aromatic rings. The lowest BCUT2D eigenvalue weighted by atomic mass is 9.97. The van der Waals surface area contributed by atoms with Crippen LogP contribution in [0.5, 0.6) is 11.5 Å². The first-order chi connectivity index (χ1) is 14.0. The van der Waals surface area contributed by atoms with E-state index in [1.165, 1.54) is 22.3 Å². The van der Waals surface area contributed by atoms with Crippen molar-refractivity contribution in [3.63, 3.8) is 0 Å². The van der Waals surface area contributed by atoms with Crippen molar-refractivity contribution < 1.29 is 19.4 Å². The highest BCUT2D eigenvalue weighted by molar-refractivity contribution is 5.69. The fourth-order valence-electron chi connectivity index (χ4n) is 3.86. The summed E-state index contributed by atoms with van der Waals surface area (Å²) < 4.78 is 11.6. The quantitative estimate of drug-likeness (QED) is 0.606. The number of ether oxygens (including phenoxy) is 2. The van der Waals surface area contributed by atoms with Gasteiger partial charge < -0.3 is 14.6 Å². The van der Waals surface area contributed by atoms with Gasteiger partial charge in [0.25, 0.3) is 0 Å². The van der Waals surface area contributed by atoms with E-state index in [1.807, 2.05) is 18.2 Å². The van der Waals surface area contributed by atoms with Gasteiger partial charge >= 0.3 is 5.97 Å². The maximum atomic E-state index is 11.0. The number of hydrogen-bond donors (Lipinski definition) is 1. The average Bonchev–Trinajstić information content (AvgIpc) is 3.08. The molecule has 0 saturated heterocycles. The maximum absolute atomic E-state index is 11.0. The van der Waals surface area contributed by atoms with Gasteiger partial charge in [0.2, 0.25) is 0 Å². The van der Waals surface area contributed by atoms with Gasteiger partial charge in [0.15, 0.2) is 0 Å². The van der Waals surface area contributed by atoms with Crippen molar-refractivity contribution in [2.75, 3.05) is 6.61 Å². The molecule has 0 saturated carbocycles. The second kappa shape index (κ2) is 8.00. The summed E-state index contributed by atoms with van der Waals surface area (Å²) >= 11 is 0. The number of benzene rings is 3. The number of rotatable bonds is 6. The molecule has 1 aliphatic rings. The lowest BCUT2D eigenvalue weighted by Gasteiger charge is -2.11. The first-order valence-corrected chi connectivity index (χ1v) is 9.77. The SMILES string of the molecule is Cc1ccc(-c2cccc(COc3ccc4c(c3)OCC4CC(=O)O)c2)c(C)c1. The van der Waals surface area contributed by atoms with Crippen molar-refractivity contribution in [1.29, 1.82) is 0 Å². The third-order valence-electron chi connectivity index (χ3n) is 5.31. The fourth-order valence-corrected chi connectivity index (χ4v) is 3.86. The average molecular weight is 388 g/mol. The molecule has 1 unspecified atom stereocenters. The zero-order valence-electron chi connectivity index (χ0n) is 16.6. The van der Waals surface area contributed by atoms with Crippen LogP contribution < -0.4 is 9.47 Å². The molecule has 4 nitrogen and oxygen atoms in total. The Labute approximate surface area is 170 Å². The molecule has 0 amide bonds. The highest BCUT2D eigenvalue weighted by Crippen LogP contribution is 2.38. The van der Waals surface area contributed by atoms with Gasteiger partial charge in [-0.3, -0.25) is 4.79 Å². The molecule has 148 valence electrons. The van der Waals surface area contributed by atoms with E-state index in [4.69, 9.17) is 14.6 Å². The Bertz CT molecular complexity index is 1050. The van der Waals surface area contributed by atoms with Crippen LogP contribution >= 0.6 is 0 Å². The van der Waals surface area contributed by atoms with E-state index in [0.29, 0.717) is 13.2 Å². The van der Waals surface area contributed by atoms with E-state index in [2.05, 4.69) is 56.3 Å². The van der Waals surface area contributed by atoms with Crippen LogP contribution in [-0.2, 0) is 11.4 Å². The van der Waals surface area contributed by atoms with Crippen LogP contribution in [0.2, 0.25) is 0 Å². The van der Waals surface area contributed by atoms with Crippen LogP contribution in [0.3, 0.4) is 0 Å². The standard InChI is InChI=1S/C25H24O4/c1-16-6-8-22(17(2)10-16)19-5-3-4-18(11-19)14-28-21-7-9-23-20(12-25(26)27)15-29-24(23)13-21/h3-11,13,20H,12,14-15H2,1-2H3,(H,26,27). The molecule has 4 rings (SSSR count). The lowest BCUT2D eigenvalue weighted by molar-refractivity contribution is -0.137. The van der Waals surface area contributed by atoms with Crippen LogP contribution in [0.25, 0.3) is 11.1 Å². The topological polar surface area (TPSA) is 55.8 Å². The van der Waals surface area contributed by atoms with Crippen molar-refractivity contribution >= 4 is 5.97 Å². The number of fused-ring (bicyclic) bond motifs is 1. The van der Waals surface area contributed by atoms with Gasteiger partial charge in [-0.15, -0.1) is 0 Å². The minimum atomic E-state index is -0.810. The number of hydrogen-bond acceptors (Lipinski definition) is 3. The number of carbonyl (C=O) groups is 1. The fraction of sp³-hybridized carbons (Fsp3) is 0.240. The summed E-state index contributed by atoms with van der Waals surface area (Å²) in [7, 11) is 0. The lowest BCUT2D eigenvalue weighted by Crippen LogP contribution is -2.07. The smallest absolute Gasteiger partial charge is 0.304 e. The normalized spacial score (nSPS) is 14.9. The largest absolute Gasteiger partial charge is 0.492 e. The van der Waals surface area contributed by atoms with Gasteiger partial charge in [-0.2, -0.15) is 0 Å². The summed E-state index contributed by atoms with van der Waals surface area (Å²) in [6.07, 6.45) is 0.0818. The summed E-state index contributed by atoms with van der Waals surface area (Å²) in [5.41, 5.74) is 6.96. The number of carboxylic acid groups (broad SMARTS) is 1. The Morgan fingerprint density at radius 3 is 2.76 bits per heavy atom. The summed E-state index contributed by atoms with van der Waals surface area (Å²) in [4.78, 5) is 11.0. The van der Waals surface area contributed by atoms with Crippen molar-refractivity contribution in [3.05, 3.63) is 82.9 Å². The van der Waals surface area contributed by atoms with Crippen LogP contribution in [0, 0.1) is 13.8 Å². The number of aryl methyl sites for hydroxylation is 2. The Kier molecular flexibility index (Phi) is 5.26. The molecule has 1 atom stereocenters. The summed E-state index contributed by atoms with van der Waals surface area (Å²) in [6.45, 7) is 5.10. The van der Waals surface area contributed by atoms with Crippen molar-refractivity contribution in [2.24, 2.45) is 0 Å². The van der Waals surface area contributed by atoms with Crippen molar-refractivity contribution in [2.45, 2.75) is 32.8 Å². The van der Waals surface area contributed by atoms with Crippen LogP contribution in [0.15, 0.2) is 60.7 Å². The van der Waals surface area contributed by atoms with E-state index in [9.17, 15) is 4.79 Å². The Morgan fingerprint density at radius 2 is 1.97 bits per heavy atom. The predicted octanol–water partition coefficient (Wildman–Crippen LogP) is 5.50. The van der Waals surface area contributed by atoms with Gasteiger partial charge in [0.05, 0.1) is 13.0 Å². The monoisotopic (exact) mass is 388 g/mol. The van der Waals surface area contributed by atoms with Crippen LogP contribution in [0.1, 0.15) is 34.6 Å². The Morgan fingerprint density at radius 1 is 1.10 bits per heavy atom. The molecule has 1 heterocycles. The zero-order chi connectivity index (χ0) is 20.4. The van der Waals surface area contributed by atoms with E-state index < -0.39 is 5.97 Å². The van der Waals surface area contributed by atoms with E-state index >= 15 is 0 Å². The Balaban J connectivity index is 1.47. The molecular weight excluding hydrogens is 364 g/mol. The molecule has 0 bridgehead atoms. The van der Waals surface area contributed by atoms with Gasteiger partial charge in [-0.1, -0.05) is 48.0 Å². The molecule has 0 aromatic heterocycles. The first-order valence-electron chi connectivity index (χ1n) is 9.77. The third kappa shape index (κ3) is 4.27. The molecule has 29 heavy (non-hydrogen) atoms. The molecule has 0 spiro atoms. The number of carboxylic acids is 1. The Hall–Kier alpha value is -3.27. The van der Waals surface area contributed by atoms with Crippen LogP contribution in [0.4, 0.5) is 0 Å². The molecule has 1 aliphatic heterocycles. The minimum Gasteiger partial charge on any atom is -0.492 e. The molecule has 4 heteroatoms. The molecule has 0 aliphatic carbocycles. The van der Waals surface area contributed by atoms with Gasteiger partial charge in [-0.25, -0.2) is 0 Å². The highest BCUT2D eigenvalue weighted by Gasteiger charge is 2.26. The van der Waals surface area contributed by atoms with E-state index in [1.54, 1.807) is 0 Å². The summed E-state index contributed by atoms with van der Waals surface area (Å²) in [6, 6.07) is 20.5. The molecule has 3 aromatic carbocycles. The van der Waals surface area contributed by atoms with Crippen LogP contribution in [-0.4, -0.2) is 17.7 Å². The highest BCUT2D eigenvalue weighted by atomic mass is 16.5. The molecule has 0 fully saturated rings.